The van der Waals surface area contributed by atoms with Crippen LogP contribution in [-0.2, 0) is 14.3 Å². The van der Waals surface area contributed by atoms with Gasteiger partial charge in [0.15, 0.2) is 0 Å². The Morgan fingerprint density at radius 1 is 1.14 bits per heavy atom. The normalized spacial score (nSPS) is 14.4. The third-order valence-corrected chi connectivity index (χ3v) is 5.03. The van der Waals surface area contributed by atoms with Crippen molar-refractivity contribution in [2.45, 2.75) is 66.9 Å². The van der Waals surface area contributed by atoms with Gasteiger partial charge in [0.25, 0.3) is 0 Å². The summed E-state index contributed by atoms with van der Waals surface area (Å²) in [6.45, 7) is 14.5. The quantitative estimate of drug-likeness (QED) is 0.387. The summed E-state index contributed by atoms with van der Waals surface area (Å²) in [5.74, 6) is -0.778. The summed E-state index contributed by atoms with van der Waals surface area (Å²) in [5.41, 5.74) is 5.20. The lowest BCUT2D eigenvalue weighted by Crippen LogP contribution is -2.47. The number of carbonyl (C=O) groups is 2. The van der Waals surface area contributed by atoms with Crippen LogP contribution < -0.4 is 10.9 Å². The maximum Gasteiger partial charge on any atom is 0.310 e. The fourth-order valence-electron chi connectivity index (χ4n) is 2.92. The predicted octanol–water partition coefficient (Wildman–Crippen LogP) is 5.05. The van der Waals surface area contributed by atoms with Crippen LogP contribution in [0.5, 0.6) is 0 Å². The highest BCUT2D eigenvalue weighted by Gasteiger charge is 2.36. The van der Waals surface area contributed by atoms with Gasteiger partial charge in [0.2, 0.25) is 5.91 Å². The Hall–Kier alpha value is -1.66. The van der Waals surface area contributed by atoms with Crippen molar-refractivity contribution in [3.63, 3.8) is 0 Å². The van der Waals surface area contributed by atoms with E-state index in [4.69, 9.17) is 4.74 Å². The van der Waals surface area contributed by atoms with E-state index in [0.29, 0.717) is 25.3 Å². The molecule has 29 heavy (non-hydrogen) atoms. The molecular formula is C23H38N2O3S. The molecule has 0 bridgehead atoms. The van der Waals surface area contributed by atoms with Crippen molar-refractivity contribution in [2.75, 3.05) is 6.54 Å². The summed E-state index contributed by atoms with van der Waals surface area (Å²) in [5, 5.41) is 2.01. The van der Waals surface area contributed by atoms with Gasteiger partial charge in [-0.05, 0) is 63.0 Å². The lowest BCUT2D eigenvalue weighted by molar-refractivity contribution is -0.164. The summed E-state index contributed by atoms with van der Waals surface area (Å²) < 4.78 is 5.67. The minimum absolute atomic E-state index is 0.153. The molecule has 0 aliphatic carbocycles. The lowest BCUT2D eigenvalue weighted by atomic mass is 9.82. The average molecular weight is 423 g/mol. The minimum Gasteiger partial charge on any atom is -0.460 e. The van der Waals surface area contributed by atoms with Crippen molar-refractivity contribution in [3.8, 4) is 0 Å². The van der Waals surface area contributed by atoms with Crippen LogP contribution in [0.25, 0.3) is 6.08 Å². The molecule has 1 rings (SSSR count). The van der Waals surface area contributed by atoms with E-state index in [1.165, 1.54) is 0 Å². The summed E-state index contributed by atoms with van der Waals surface area (Å²) in [6, 6.07) is 4.02. The lowest BCUT2D eigenvalue weighted by Gasteiger charge is -2.29. The van der Waals surface area contributed by atoms with E-state index in [1.54, 1.807) is 11.3 Å². The van der Waals surface area contributed by atoms with Crippen molar-refractivity contribution < 1.29 is 14.3 Å². The fourth-order valence-corrected chi connectivity index (χ4v) is 3.56. The Kier molecular flexibility index (Phi) is 10.6. The number of nitrogens with one attached hydrogen (secondary N) is 2. The molecule has 1 aromatic heterocycles. The van der Waals surface area contributed by atoms with E-state index in [9.17, 15) is 9.59 Å². The highest BCUT2D eigenvalue weighted by Crippen LogP contribution is 2.28. The molecule has 164 valence electrons. The number of hydrazine groups is 1. The SMILES string of the molecule is CC(C)CNNC(=O)[C@H](CC(C)C)C(C/C=C/c1cccs1)C(=O)OC(C)(C)C. The first-order valence-corrected chi connectivity index (χ1v) is 11.3. The fraction of sp³-hybridized carbons (Fsp3) is 0.652. The van der Waals surface area contributed by atoms with Crippen LogP contribution >= 0.6 is 11.3 Å². The van der Waals surface area contributed by atoms with E-state index >= 15 is 0 Å². The molecule has 5 nitrogen and oxygen atoms in total. The zero-order valence-corrected chi connectivity index (χ0v) is 19.8. The first-order valence-electron chi connectivity index (χ1n) is 10.4. The Morgan fingerprint density at radius 2 is 1.83 bits per heavy atom. The van der Waals surface area contributed by atoms with Gasteiger partial charge in [0, 0.05) is 11.4 Å². The number of hydrogen-bond donors (Lipinski definition) is 2. The van der Waals surface area contributed by atoms with Crippen LogP contribution in [0.2, 0.25) is 0 Å². The molecule has 0 aliphatic rings. The number of carbonyl (C=O) groups excluding carboxylic acids is 2. The summed E-state index contributed by atoms with van der Waals surface area (Å²) in [4.78, 5) is 27.1. The molecule has 1 unspecified atom stereocenters. The topological polar surface area (TPSA) is 67.4 Å². The van der Waals surface area contributed by atoms with Gasteiger partial charge in [-0.1, -0.05) is 39.8 Å². The Bertz CT molecular complexity index is 646. The molecule has 1 aromatic rings. The number of thiophene rings is 1. The number of rotatable bonds is 11. The summed E-state index contributed by atoms with van der Waals surface area (Å²) in [6.07, 6.45) is 5.06. The highest BCUT2D eigenvalue weighted by molar-refractivity contribution is 7.10. The molecule has 2 atom stereocenters. The Balaban J connectivity index is 3.02. The number of hydrogen-bond acceptors (Lipinski definition) is 5. The smallest absolute Gasteiger partial charge is 0.310 e. The molecule has 1 amide bonds. The molecule has 6 heteroatoms. The molecular weight excluding hydrogens is 384 g/mol. The van der Waals surface area contributed by atoms with E-state index in [0.717, 1.165) is 4.88 Å². The van der Waals surface area contributed by atoms with Crippen molar-refractivity contribution in [1.29, 1.82) is 0 Å². The zero-order valence-electron chi connectivity index (χ0n) is 19.0. The molecule has 0 saturated carbocycles. The van der Waals surface area contributed by atoms with E-state index in [-0.39, 0.29) is 17.8 Å². The second-order valence-corrected chi connectivity index (χ2v) is 10.3. The van der Waals surface area contributed by atoms with Gasteiger partial charge in [-0.3, -0.25) is 15.0 Å². The van der Waals surface area contributed by atoms with Gasteiger partial charge < -0.3 is 4.74 Å². The number of amides is 1. The van der Waals surface area contributed by atoms with E-state index in [2.05, 4.69) is 38.5 Å². The van der Waals surface area contributed by atoms with Crippen LogP contribution in [0, 0.1) is 23.7 Å². The van der Waals surface area contributed by atoms with E-state index in [1.807, 2.05) is 50.4 Å². The van der Waals surface area contributed by atoms with Crippen LogP contribution in [0.3, 0.4) is 0 Å². The molecule has 0 aliphatic heterocycles. The second kappa shape index (κ2) is 12.1. The largest absolute Gasteiger partial charge is 0.460 e. The Morgan fingerprint density at radius 3 is 2.34 bits per heavy atom. The van der Waals surface area contributed by atoms with Crippen molar-refractivity contribution in [2.24, 2.45) is 23.7 Å². The number of allylic oxidation sites excluding steroid dienone is 1. The van der Waals surface area contributed by atoms with Crippen molar-refractivity contribution in [3.05, 3.63) is 28.5 Å². The highest BCUT2D eigenvalue weighted by atomic mass is 32.1. The third kappa shape index (κ3) is 10.6. The number of ether oxygens (including phenoxy) is 1. The van der Waals surface area contributed by atoms with E-state index < -0.39 is 17.4 Å². The third-order valence-electron chi connectivity index (χ3n) is 4.19. The maximum absolute atomic E-state index is 13.0. The monoisotopic (exact) mass is 422 g/mol. The van der Waals surface area contributed by atoms with Crippen LogP contribution in [0.1, 0.15) is 66.2 Å². The molecule has 0 radical (unpaired) electrons. The average Bonchev–Trinajstić information content (AvgIpc) is 3.08. The predicted molar refractivity (Wildman–Crippen MR) is 121 cm³/mol. The van der Waals surface area contributed by atoms with Crippen LogP contribution in [-0.4, -0.2) is 24.0 Å². The van der Waals surface area contributed by atoms with Gasteiger partial charge in [0.1, 0.15) is 5.60 Å². The molecule has 1 heterocycles. The molecule has 0 fully saturated rings. The minimum atomic E-state index is -0.596. The molecule has 0 saturated heterocycles. The summed E-state index contributed by atoms with van der Waals surface area (Å²) in [7, 11) is 0. The maximum atomic E-state index is 13.0. The molecule has 0 spiro atoms. The Labute approximate surface area is 180 Å². The second-order valence-electron chi connectivity index (χ2n) is 9.29. The van der Waals surface area contributed by atoms with Gasteiger partial charge in [-0.15, -0.1) is 11.3 Å². The van der Waals surface area contributed by atoms with Crippen molar-refractivity contribution in [1.82, 2.24) is 10.9 Å². The van der Waals surface area contributed by atoms with Gasteiger partial charge in [0.05, 0.1) is 11.8 Å². The van der Waals surface area contributed by atoms with Crippen LogP contribution in [0.15, 0.2) is 23.6 Å². The molecule has 2 N–H and O–H groups in total. The molecule has 0 aromatic carbocycles. The standard InChI is InChI=1S/C23H38N2O3S/c1-16(2)14-20(21(26)25-24-15-17(3)4)19(22(27)28-23(5,6)7)12-8-10-18-11-9-13-29-18/h8-11,13,16-17,19-20,24H,12,14-15H2,1-7H3,(H,25,26)/b10-8+/t19?,20-/m1/s1. The zero-order chi connectivity index (χ0) is 22.0. The first-order chi connectivity index (χ1) is 13.5. The number of esters is 1. The van der Waals surface area contributed by atoms with Gasteiger partial charge >= 0.3 is 5.97 Å². The first kappa shape index (κ1) is 25.4. The van der Waals surface area contributed by atoms with Crippen LogP contribution in [0.4, 0.5) is 0 Å². The van der Waals surface area contributed by atoms with Gasteiger partial charge in [-0.25, -0.2) is 5.43 Å². The van der Waals surface area contributed by atoms with Gasteiger partial charge in [-0.2, -0.15) is 0 Å². The van der Waals surface area contributed by atoms with Crippen molar-refractivity contribution >= 4 is 29.3 Å². The summed E-state index contributed by atoms with van der Waals surface area (Å²) >= 11 is 1.64.